The molecule has 0 radical (unpaired) electrons. The van der Waals surface area contributed by atoms with Crippen LogP contribution in [0, 0.1) is 6.92 Å². The van der Waals surface area contributed by atoms with E-state index in [1.54, 1.807) is 18.7 Å². The highest BCUT2D eigenvalue weighted by molar-refractivity contribution is 5.47. The minimum atomic E-state index is 0.0690. The summed E-state index contributed by atoms with van der Waals surface area (Å²) in [6.07, 6.45) is 5.07. The highest BCUT2D eigenvalue weighted by Gasteiger charge is 2.14. The first kappa shape index (κ1) is 13.4. The van der Waals surface area contributed by atoms with Gasteiger partial charge in [0, 0.05) is 31.5 Å². The Balaban J connectivity index is 2.19. The van der Waals surface area contributed by atoms with Crippen LogP contribution in [0.3, 0.4) is 0 Å². The number of aryl methyl sites for hydroxylation is 1. The maximum Gasteiger partial charge on any atom is 0.257 e. The van der Waals surface area contributed by atoms with Gasteiger partial charge in [0.05, 0.1) is 12.4 Å². The Morgan fingerprint density at radius 1 is 1.32 bits per heavy atom. The van der Waals surface area contributed by atoms with Gasteiger partial charge < -0.3 is 14.1 Å². The van der Waals surface area contributed by atoms with Gasteiger partial charge in [0.15, 0.2) is 5.82 Å². The molecule has 5 nitrogen and oxygen atoms in total. The van der Waals surface area contributed by atoms with Gasteiger partial charge in [0.25, 0.3) is 5.88 Å². The van der Waals surface area contributed by atoms with Crippen LogP contribution in [-0.2, 0) is 6.54 Å². The summed E-state index contributed by atoms with van der Waals surface area (Å²) in [5.41, 5.74) is 1.13. The zero-order chi connectivity index (χ0) is 13.8. The fourth-order valence-corrected chi connectivity index (χ4v) is 1.79. The molecule has 0 atom stereocenters. The lowest BCUT2D eigenvalue weighted by atomic mass is 10.2. The highest BCUT2D eigenvalue weighted by Crippen LogP contribution is 2.24. The van der Waals surface area contributed by atoms with Crippen LogP contribution in [0.1, 0.15) is 25.2 Å². The molecule has 0 fully saturated rings. The van der Waals surface area contributed by atoms with Crippen molar-refractivity contribution in [1.82, 2.24) is 9.97 Å². The third-order valence-electron chi connectivity index (χ3n) is 2.73. The van der Waals surface area contributed by atoms with Crippen molar-refractivity contribution in [1.29, 1.82) is 0 Å². The maximum atomic E-state index is 5.68. The first-order chi connectivity index (χ1) is 9.08. The highest BCUT2D eigenvalue weighted by atomic mass is 16.5. The molecule has 2 heterocycles. The average Bonchev–Trinajstić information content (AvgIpc) is 2.75. The molecule has 0 amide bonds. The fraction of sp³-hybridized carbons (Fsp3) is 0.429. The second kappa shape index (κ2) is 5.73. The lowest BCUT2D eigenvalue weighted by Gasteiger charge is -2.20. The van der Waals surface area contributed by atoms with Crippen LogP contribution >= 0.6 is 0 Å². The second-order valence-electron chi connectivity index (χ2n) is 4.71. The van der Waals surface area contributed by atoms with Gasteiger partial charge in [-0.1, -0.05) is 0 Å². The molecule has 0 unspecified atom stereocenters. The van der Waals surface area contributed by atoms with Crippen LogP contribution in [0.5, 0.6) is 5.88 Å². The van der Waals surface area contributed by atoms with Gasteiger partial charge in [0.1, 0.15) is 5.76 Å². The van der Waals surface area contributed by atoms with E-state index in [0.717, 1.165) is 17.1 Å². The number of furan rings is 1. The van der Waals surface area contributed by atoms with Crippen molar-refractivity contribution in [2.24, 2.45) is 0 Å². The quantitative estimate of drug-likeness (QED) is 0.828. The molecule has 0 aromatic carbocycles. The summed E-state index contributed by atoms with van der Waals surface area (Å²) >= 11 is 0. The van der Waals surface area contributed by atoms with Crippen LogP contribution in [0.25, 0.3) is 0 Å². The van der Waals surface area contributed by atoms with Crippen molar-refractivity contribution in [3.63, 3.8) is 0 Å². The Bertz CT molecular complexity index is 537. The van der Waals surface area contributed by atoms with Crippen molar-refractivity contribution < 1.29 is 9.15 Å². The van der Waals surface area contributed by atoms with Crippen molar-refractivity contribution >= 4 is 5.82 Å². The second-order valence-corrected chi connectivity index (χ2v) is 4.71. The molecular formula is C14H19N3O2. The average molecular weight is 261 g/mol. The zero-order valence-corrected chi connectivity index (χ0v) is 11.8. The van der Waals surface area contributed by atoms with Gasteiger partial charge >= 0.3 is 0 Å². The largest absolute Gasteiger partial charge is 0.472 e. The predicted molar refractivity (Wildman–Crippen MR) is 73.3 cm³/mol. The number of ether oxygens (including phenoxy) is 1. The van der Waals surface area contributed by atoms with Crippen molar-refractivity contribution in [2.75, 3.05) is 11.9 Å². The molecule has 19 heavy (non-hydrogen) atoms. The first-order valence-electron chi connectivity index (χ1n) is 6.29. The lowest BCUT2D eigenvalue weighted by Crippen LogP contribution is -2.20. The summed E-state index contributed by atoms with van der Waals surface area (Å²) < 4.78 is 11.0. The van der Waals surface area contributed by atoms with Gasteiger partial charge in [0.2, 0.25) is 0 Å². The number of hydrogen-bond acceptors (Lipinski definition) is 5. The van der Waals surface area contributed by atoms with Crippen LogP contribution < -0.4 is 9.64 Å². The van der Waals surface area contributed by atoms with E-state index in [1.807, 2.05) is 38.8 Å². The zero-order valence-electron chi connectivity index (χ0n) is 11.8. The minimum absolute atomic E-state index is 0.0690. The molecule has 2 aromatic rings. The Labute approximate surface area is 113 Å². The van der Waals surface area contributed by atoms with Crippen LogP contribution in [0.2, 0.25) is 0 Å². The molecule has 0 saturated carbocycles. The van der Waals surface area contributed by atoms with Gasteiger partial charge in [-0.15, -0.1) is 0 Å². The number of hydrogen-bond donors (Lipinski definition) is 0. The van der Waals surface area contributed by atoms with Crippen molar-refractivity contribution in [2.45, 2.75) is 33.4 Å². The molecule has 5 heteroatoms. The molecule has 0 aliphatic heterocycles. The third kappa shape index (κ3) is 3.24. The standard InChI is InChI=1S/C14H19N3O2/c1-10(2)19-14-13(15-6-7-16-14)17(4)9-12-5-8-18-11(12)3/h5-8,10H,9H2,1-4H3. The Morgan fingerprint density at radius 3 is 2.68 bits per heavy atom. The number of nitrogens with zero attached hydrogens (tertiary/aromatic N) is 3. The topological polar surface area (TPSA) is 51.4 Å². The maximum absolute atomic E-state index is 5.68. The first-order valence-corrected chi connectivity index (χ1v) is 6.29. The Kier molecular flexibility index (Phi) is 4.04. The molecule has 0 bridgehead atoms. The summed E-state index contributed by atoms with van der Waals surface area (Å²) in [7, 11) is 1.96. The fourth-order valence-electron chi connectivity index (χ4n) is 1.79. The van der Waals surface area contributed by atoms with Gasteiger partial charge in [-0.25, -0.2) is 9.97 Å². The number of rotatable bonds is 5. The molecule has 0 saturated heterocycles. The van der Waals surface area contributed by atoms with E-state index in [0.29, 0.717) is 12.4 Å². The van der Waals surface area contributed by atoms with Gasteiger partial charge in [-0.3, -0.25) is 0 Å². The van der Waals surface area contributed by atoms with Crippen LogP contribution in [-0.4, -0.2) is 23.1 Å². The predicted octanol–water partition coefficient (Wildman–Crippen LogP) is 2.80. The molecule has 0 N–H and O–H groups in total. The number of anilines is 1. The third-order valence-corrected chi connectivity index (χ3v) is 2.73. The molecule has 2 rings (SSSR count). The SMILES string of the molecule is Cc1occc1CN(C)c1nccnc1OC(C)C. The van der Waals surface area contributed by atoms with E-state index in [4.69, 9.17) is 9.15 Å². The van der Waals surface area contributed by atoms with Gasteiger partial charge in [-0.05, 0) is 26.8 Å². The summed E-state index contributed by atoms with van der Waals surface area (Å²) in [6.45, 7) is 6.60. The molecule has 0 aliphatic rings. The van der Waals surface area contributed by atoms with E-state index in [1.165, 1.54) is 0 Å². The summed E-state index contributed by atoms with van der Waals surface area (Å²) in [4.78, 5) is 10.6. The summed E-state index contributed by atoms with van der Waals surface area (Å²) in [5.74, 6) is 2.21. The Hall–Kier alpha value is -2.04. The normalized spacial score (nSPS) is 10.8. The van der Waals surface area contributed by atoms with E-state index in [-0.39, 0.29) is 6.10 Å². The van der Waals surface area contributed by atoms with E-state index >= 15 is 0 Å². The van der Waals surface area contributed by atoms with E-state index in [9.17, 15) is 0 Å². The smallest absolute Gasteiger partial charge is 0.257 e. The summed E-state index contributed by atoms with van der Waals surface area (Å²) in [6, 6.07) is 1.96. The van der Waals surface area contributed by atoms with E-state index in [2.05, 4.69) is 9.97 Å². The minimum Gasteiger partial charge on any atom is -0.472 e. The molecule has 0 spiro atoms. The number of aromatic nitrogens is 2. The summed E-state index contributed by atoms with van der Waals surface area (Å²) in [5, 5.41) is 0. The van der Waals surface area contributed by atoms with Crippen molar-refractivity contribution in [3.8, 4) is 5.88 Å². The van der Waals surface area contributed by atoms with Crippen LogP contribution in [0.15, 0.2) is 29.1 Å². The van der Waals surface area contributed by atoms with Crippen molar-refractivity contribution in [3.05, 3.63) is 36.0 Å². The Morgan fingerprint density at radius 2 is 2.05 bits per heavy atom. The molecule has 0 aliphatic carbocycles. The van der Waals surface area contributed by atoms with E-state index < -0.39 is 0 Å². The molecule has 2 aromatic heterocycles. The monoisotopic (exact) mass is 261 g/mol. The lowest BCUT2D eigenvalue weighted by molar-refractivity contribution is 0.232. The molecular weight excluding hydrogens is 242 g/mol. The molecule has 102 valence electrons. The van der Waals surface area contributed by atoms with Crippen LogP contribution in [0.4, 0.5) is 5.82 Å². The van der Waals surface area contributed by atoms with Gasteiger partial charge in [-0.2, -0.15) is 0 Å².